The van der Waals surface area contributed by atoms with E-state index in [4.69, 9.17) is 10.6 Å². The lowest BCUT2D eigenvalue weighted by molar-refractivity contribution is 0.183. The molecule has 0 aromatic rings. The van der Waals surface area contributed by atoms with Gasteiger partial charge in [0.15, 0.2) is 0 Å². The summed E-state index contributed by atoms with van der Waals surface area (Å²) >= 11 is 0. The number of hydrogen-bond donors (Lipinski definition) is 2. The predicted octanol–water partition coefficient (Wildman–Crippen LogP) is 0.431. The molecule has 0 aliphatic carbocycles. The van der Waals surface area contributed by atoms with Crippen molar-refractivity contribution in [2.75, 3.05) is 13.7 Å². The van der Waals surface area contributed by atoms with Gasteiger partial charge in [-0.1, -0.05) is 6.08 Å². The van der Waals surface area contributed by atoms with Gasteiger partial charge in [0.25, 0.3) is 0 Å². The summed E-state index contributed by atoms with van der Waals surface area (Å²) in [5.74, 6) is 5.25. The van der Waals surface area contributed by atoms with Crippen molar-refractivity contribution in [1.82, 2.24) is 5.43 Å². The minimum atomic E-state index is 0.303. The standard InChI is InChI=1S/C7H16N2O/c1-3-4-7(9-8)5-6-10-2/h3,7,9H,1,4-6,8H2,2H3. The Kier molecular flexibility index (Phi) is 6.48. The Morgan fingerprint density at radius 1 is 1.80 bits per heavy atom. The molecule has 1 unspecified atom stereocenters. The van der Waals surface area contributed by atoms with E-state index in [9.17, 15) is 0 Å². The number of rotatable bonds is 6. The van der Waals surface area contributed by atoms with Crippen LogP contribution < -0.4 is 11.3 Å². The molecule has 0 fully saturated rings. The molecule has 3 heteroatoms. The van der Waals surface area contributed by atoms with E-state index in [1.165, 1.54) is 0 Å². The second-order valence-corrected chi connectivity index (χ2v) is 2.17. The molecule has 3 nitrogen and oxygen atoms in total. The van der Waals surface area contributed by atoms with Gasteiger partial charge < -0.3 is 4.74 Å². The van der Waals surface area contributed by atoms with Crippen molar-refractivity contribution in [1.29, 1.82) is 0 Å². The van der Waals surface area contributed by atoms with Gasteiger partial charge in [-0.25, -0.2) is 0 Å². The molecule has 0 bridgehead atoms. The summed E-state index contributed by atoms with van der Waals surface area (Å²) in [7, 11) is 1.68. The van der Waals surface area contributed by atoms with Crippen molar-refractivity contribution in [3.05, 3.63) is 12.7 Å². The molecular weight excluding hydrogens is 128 g/mol. The Morgan fingerprint density at radius 2 is 2.50 bits per heavy atom. The third-order valence-electron chi connectivity index (χ3n) is 1.36. The highest BCUT2D eigenvalue weighted by Crippen LogP contribution is 1.96. The van der Waals surface area contributed by atoms with E-state index in [2.05, 4.69) is 12.0 Å². The Bertz CT molecular complexity index is 85.7. The summed E-state index contributed by atoms with van der Waals surface area (Å²) in [6, 6.07) is 0.303. The van der Waals surface area contributed by atoms with Crippen LogP contribution in [-0.2, 0) is 4.74 Å². The van der Waals surface area contributed by atoms with E-state index in [1.807, 2.05) is 6.08 Å². The normalized spacial score (nSPS) is 13.0. The van der Waals surface area contributed by atoms with Crippen LogP contribution in [0.25, 0.3) is 0 Å². The first kappa shape index (κ1) is 9.62. The number of hydrogen-bond acceptors (Lipinski definition) is 3. The van der Waals surface area contributed by atoms with Crippen LogP contribution in [0.4, 0.5) is 0 Å². The van der Waals surface area contributed by atoms with Gasteiger partial charge >= 0.3 is 0 Å². The maximum absolute atomic E-state index is 5.25. The molecule has 0 aliphatic heterocycles. The molecule has 0 saturated heterocycles. The average molecular weight is 144 g/mol. The number of nitrogens with one attached hydrogen (secondary N) is 1. The summed E-state index contributed by atoms with van der Waals surface area (Å²) in [4.78, 5) is 0. The van der Waals surface area contributed by atoms with Crippen LogP contribution in [0.5, 0.6) is 0 Å². The van der Waals surface area contributed by atoms with Gasteiger partial charge in [0.1, 0.15) is 0 Å². The molecule has 0 heterocycles. The minimum Gasteiger partial charge on any atom is -0.385 e. The van der Waals surface area contributed by atoms with E-state index in [-0.39, 0.29) is 0 Å². The van der Waals surface area contributed by atoms with Crippen LogP contribution in [0.2, 0.25) is 0 Å². The molecule has 10 heavy (non-hydrogen) atoms. The Morgan fingerprint density at radius 3 is 2.90 bits per heavy atom. The first-order valence-electron chi connectivity index (χ1n) is 3.41. The molecule has 0 saturated carbocycles. The first-order chi connectivity index (χ1) is 4.85. The largest absolute Gasteiger partial charge is 0.385 e. The highest BCUT2D eigenvalue weighted by molar-refractivity contribution is 4.75. The van der Waals surface area contributed by atoms with Gasteiger partial charge in [0.2, 0.25) is 0 Å². The van der Waals surface area contributed by atoms with Gasteiger partial charge in [-0.05, 0) is 12.8 Å². The van der Waals surface area contributed by atoms with Gasteiger partial charge in [-0.2, -0.15) is 0 Å². The van der Waals surface area contributed by atoms with E-state index in [1.54, 1.807) is 7.11 Å². The molecule has 0 spiro atoms. The Balaban J connectivity index is 3.29. The van der Waals surface area contributed by atoms with Crippen molar-refractivity contribution < 1.29 is 4.74 Å². The second-order valence-electron chi connectivity index (χ2n) is 2.17. The lowest BCUT2D eigenvalue weighted by atomic mass is 10.1. The van der Waals surface area contributed by atoms with E-state index in [0.29, 0.717) is 6.04 Å². The number of methoxy groups -OCH3 is 1. The zero-order chi connectivity index (χ0) is 7.82. The number of ether oxygens (including phenoxy) is 1. The summed E-state index contributed by atoms with van der Waals surface area (Å²) in [5, 5.41) is 0. The van der Waals surface area contributed by atoms with Crippen LogP contribution in [0.1, 0.15) is 12.8 Å². The average Bonchev–Trinajstić information content (AvgIpc) is 1.98. The second kappa shape index (κ2) is 6.74. The van der Waals surface area contributed by atoms with E-state index < -0.39 is 0 Å². The van der Waals surface area contributed by atoms with E-state index >= 15 is 0 Å². The molecule has 0 aliphatic rings. The predicted molar refractivity (Wildman–Crippen MR) is 42.4 cm³/mol. The van der Waals surface area contributed by atoms with Gasteiger partial charge in [-0.15, -0.1) is 6.58 Å². The summed E-state index contributed by atoms with van der Waals surface area (Å²) < 4.78 is 4.89. The third kappa shape index (κ3) is 4.49. The smallest absolute Gasteiger partial charge is 0.0477 e. The molecule has 0 radical (unpaired) electrons. The highest BCUT2D eigenvalue weighted by atomic mass is 16.5. The molecule has 0 aromatic heterocycles. The zero-order valence-corrected chi connectivity index (χ0v) is 6.47. The van der Waals surface area contributed by atoms with E-state index in [0.717, 1.165) is 19.4 Å². The molecule has 0 aromatic carbocycles. The molecule has 1 atom stereocenters. The van der Waals surface area contributed by atoms with Crippen LogP contribution in [0.15, 0.2) is 12.7 Å². The quantitative estimate of drug-likeness (QED) is 0.323. The van der Waals surface area contributed by atoms with Crippen LogP contribution in [0.3, 0.4) is 0 Å². The minimum absolute atomic E-state index is 0.303. The molecule has 0 rings (SSSR count). The van der Waals surface area contributed by atoms with Crippen LogP contribution >= 0.6 is 0 Å². The SMILES string of the molecule is C=CCC(CCOC)NN. The topological polar surface area (TPSA) is 47.3 Å². The molecular formula is C7H16N2O. The fourth-order valence-corrected chi connectivity index (χ4v) is 0.731. The summed E-state index contributed by atoms with van der Waals surface area (Å²) in [6.07, 6.45) is 3.67. The van der Waals surface area contributed by atoms with Crippen LogP contribution in [0, 0.1) is 0 Å². The van der Waals surface area contributed by atoms with Crippen molar-refractivity contribution in [2.45, 2.75) is 18.9 Å². The van der Waals surface area contributed by atoms with Gasteiger partial charge in [0, 0.05) is 19.8 Å². The molecule has 3 N–H and O–H groups in total. The lowest BCUT2D eigenvalue weighted by Crippen LogP contribution is -2.35. The fourth-order valence-electron chi connectivity index (χ4n) is 0.731. The first-order valence-corrected chi connectivity index (χ1v) is 3.41. The Labute approximate surface area is 62.2 Å². The fraction of sp³-hybridized carbons (Fsp3) is 0.714. The number of hydrazine groups is 1. The van der Waals surface area contributed by atoms with Crippen molar-refractivity contribution in [2.24, 2.45) is 5.84 Å². The lowest BCUT2D eigenvalue weighted by Gasteiger charge is -2.11. The summed E-state index contributed by atoms with van der Waals surface area (Å²) in [5.41, 5.74) is 2.69. The van der Waals surface area contributed by atoms with Crippen molar-refractivity contribution in [3.63, 3.8) is 0 Å². The maximum atomic E-state index is 5.25. The van der Waals surface area contributed by atoms with Crippen molar-refractivity contribution in [3.8, 4) is 0 Å². The third-order valence-corrected chi connectivity index (χ3v) is 1.36. The van der Waals surface area contributed by atoms with Crippen LogP contribution in [-0.4, -0.2) is 19.8 Å². The zero-order valence-electron chi connectivity index (χ0n) is 6.47. The monoisotopic (exact) mass is 144 g/mol. The summed E-state index contributed by atoms with van der Waals surface area (Å²) in [6.45, 7) is 4.36. The number of nitrogens with two attached hydrogens (primary N) is 1. The Hall–Kier alpha value is -0.380. The molecule has 60 valence electrons. The van der Waals surface area contributed by atoms with Gasteiger partial charge in [0.05, 0.1) is 0 Å². The van der Waals surface area contributed by atoms with Gasteiger partial charge in [-0.3, -0.25) is 11.3 Å². The molecule has 0 amide bonds. The maximum Gasteiger partial charge on any atom is 0.0477 e. The van der Waals surface area contributed by atoms with Crippen molar-refractivity contribution >= 4 is 0 Å². The highest BCUT2D eigenvalue weighted by Gasteiger charge is 2.01.